The highest BCUT2D eigenvalue weighted by Gasteiger charge is 2.18. The van der Waals surface area contributed by atoms with Crippen LogP contribution in [0.3, 0.4) is 0 Å². The highest BCUT2D eigenvalue weighted by Crippen LogP contribution is 2.16. The molecule has 30 heavy (non-hydrogen) atoms. The number of aromatic nitrogens is 3. The van der Waals surface area contributed by atoms with Crippen LogP contribution in [0.15, 0.2) is 52.4 Å². The fraction of sp³-hybridized carbons (Fsp3) is 0.286. The Kier molecular flexibility index (Phi) is 7.18. The molecular formula is C21H23N5O3S. The number of carbonyl (C=O) groups is 2. The summed E-state index contributed by atoms with van der Waals surface area (Å²) in [5.74, 6) is -1.08. The van der Waals surface area contributed by atoms with E-state index >= 15 is 0 Å². The van der Waals surface area contributed by atoms with Crippen LogP contribution in [0.5, 0.6) is 0 Å². The normalized spacial score (nSPS) is 10.7. The molecule has 0 aliphatic heterocycles. The van der Waals surface area contributed by atoms with Crippen LogP contribution >= 0.6 is 11.8 Å². The summed E-state index contributed by atoms with van der Waals surface area (Å²) in [4.78, 5) is 42.1. The number of hydrazine groups is 1. The molecule has 2 heterocycles. The molecule has 0 radical (unpaired) electrons. The van der Waals surface area contributed by atoms with Crippen LogP contribution in [-0.2, 0) is 6.54 Å². The molecule has 0 saturated heterocycles. The molecule has 0 spiro atoms. The Morgan fingerprint density at radius 2 is 1.77 bits per heavy atom. The van der Waals surface area contributed by atoms with Crippen LogP contribution < -0.4 is 16.4 Å². The Bertz CT molecular complexity index is 1130. The fourth-order valence-electron chi connectivity index (χ4n) is 3.03. The van der Waals surface area contributed by atoms with Gasteiger partial charge in [0.2, 0.25) is 0 Å². The molecule has 0 bridgehead atoms. The van der Waals surface area contributed by atoms with Crippen molar-refractivity contribution in [2.24, 2.45) is 0 Å². The Balaban J connectivity index is 1.86. The van der Waals surface area contributed by atoms with Gasteiger partial charge in [0.1, 0.15) is 5.03 Å². The van der Waals surface area contributed by atoms with Gasteiger partial charge < -0.3 is 0 Å². The van der Waals surface area contributed by atoms with Gasteiger partial charge in [0.15, 0.2) is 5.69 Å². The number of amides is 2. The first kappa shape index (κ1) is 21.5. The lowest BCUT2D eigenvalue weighted by Gasteiger charge is -2.12. The zero-order valence-electron chi connectivity index (χ0n) is 16.8. The topological polar surface area (TPSA) is 106 Å². The van der Waals surface area contributed by atoms with Gasteiger partial charge in [-0.25, -0.2) is 9.67 Å². The molecule has 0 aliphatic rings. The minimum Gasteiger partial charge on any atom is -0.267 e. The average Bonchev–Trinajstić information content (AvgIpc) is 2.78. The Labute approximate surface area is 178 Å². The summed E-state index contributed by atoms with van der Waals surface area (Å²) in [5, 5.41) is 5.69. The lowest BCUT2D eigenvalue weighted by Crippen LogP contribution is -2.43. The van der Waals surface area contributed by atoms with Crippen molar-refractivity contribution in [1.29, 1.82) is 0 Å². The number of thioether (sulfide) groups is 1. The minimum atomic E-state index is -0.599. The maximum atomic E-state index is 12.8. The van der Waals surface area contributed by atoms with Crippen molar-refractivity contribution in [3.8, 4) is 0 Å². The van der Waals surface area contributed by atoms with E-state index in [0.717, 1.165) is 19.3 Å². The fourth-order valence-corrected chi connectivity index (χ4v) is 3.58. The average molecular weight is 426 g/mol. The molecule has 3 rings (SSSR count). The third kappa shape index (κ3) is 4.68. The smallest absolute Gasteiger partial charge is 0.267 e. The van der Waals surface area contributed by atoms with Gasteiger partial charge in [0, 0.05) is 18.1 Å². The van der Waals surface area contributed by atoms with Crippen molar-refractivity contribution in [2.75, 3.05) is 6.26 Å². The quantitative estimate of drug-likeness (QED) is 0.343. The molecule has 0 saturated carbocycles. The van der Waals surface area contributed by atoms with Crippen molar-refractivity contribution in [3.05, 3.63) is 64.2 Å². The highest BCUT2D eigenvalue weighted by molar-refractivity contribution is 7.98. The number of hydrogen-bond acceptors (Lipinski definition) is 6. The van der Waals surface area contributed by atoms with Crippen molar-refractivity contribution < 1.29 is 9.59 Å². The van der Waals surface area contributed by atoms with E-state index in [1.165, 1.54) is 16.4 Å². The molecular weight excluding hydrogens is 402 g/mol. The molecule has 2 N–H and O–H groups in total. The van der Waals surface area contributed by atoms with Crippen molar-refractivity contribution >= 4 is 34.3 Å². The number of rotatable bonds is 7. The molecule has 3 aromatic rings. The molecule has 156 valence electrons. The summed E-state index contributed by atoms with van der Waals surface area (Å²) in [7, 11) is 0. The van der Waals surface area contributed by atoms with Crippen LogP contribution in [0.1, 0.15) is 47.0 Å². The summed E-state index contributed by atoms with van der Waals surface area (Å²) in [5.41, 5.74) is 5.01. The molecule has 0 fully saturated rings. The number of aryl methyl sites for hydroxylation is 1. The number of pyridine rings is 1. The lowest BCUT2D eigenvalue weighted by molar-refractivity contribution is 0.0841. The minimum absolute atomic E-state index is 0.0817. The molecule has 2 aromatic heterocycles. The van der Waals surface area contributed by atoms with E-state index in [4.69, 9.17) is 0 Å². The van der Waals surface area contributed by atoms with Crippen LogP contribution in [-0.4, -0.2) is 32.8 Å². The van der Waals surface area contributed by atoms with E-state index in [-0.39, 0.29) is 11.3 Å². The summed E-state index contributed by atoms with van der Waals surface area (Å²) < 4.78 is 1.32. The standard InChI is InChI=1S/C21H23N5O3S/c1-3-4-7-13-26-21(29)15-10-6-5-9-14(15)17(25-26)19(28)24-23-18(27)16-11-8-12-22-20(16)30-2/h5-6,8-12H,3-4,7,13H2,1-2H3,(H,23,27)(H,24,28). The third-order valence-corrected chi connectivity index (χ3v) is 5.27. The first-order valence-corrected chi connectivity index (χ1v) is 10.9. The molecule has 0 unspecified atom stereocenters. The van der Waals surface area contributed by atoms with Crippen molar-refractivity contribution in [1.82, 2.24) is 25.6 Å². The Morgan fingerprint density at radius 1 is 1.03 bits per heavy atom. The monoisotopic (exact) mass is 425 g/mol. The number of unbranched alkanes of at least 4 members (excludes halogenated alkanes) is 2. The molecule has 0 aliphatic carbocycles. The molecule has 9 heteroatoms. The summed E-state index contributed by atoms with van der Waals surface area (Å²) in [6.45, 7) is 2.50. The van der Waals surface area contributed by atoms with Crippen molar-refractivity contribution in [3.63, 3.8) is 0 Å². The largest absolute Gasteiger partial charge is 0.290 e. The van der Waals surface area contributed by atoms with Gasteiger partial charge in [-0.1, -0.05) is 38.0 Å². The summed E-state index contributed by atoms with van der Waals surface area (Å²) in [6.07, 6.45) is 6.17. The van der Waals surface area contributed by atoms with Gasteiger partial charge in [-0.3, -0.25) is 25.2 Å². The van der Waals surface area contributed by atoms with E-state index in [0.29, 0.717) is 27.9 Å². The Hall–Kier alpha value is -3.20. The van der Waals surface area contributed by atoms with Crippen LogP contribution in [0.4, 0.5) is 0 Å². The Morgan fingerprint density at radius 3 is 2.50 bits per heavy atom. The first-order valence-electron chi connectivity index (χ1n) is 9.66. The summed E-state index contributed by atoms with van der Waals surface area (Å²) >= 11 is 1.33. The highest BCUT2D eigenvalue weighted by atomic mass is 32.2. The second kappa shape index (κ2) is 10.0. The number of fused-ring (bicyclic) bond motifs is 1. The zero-order valence-corrected chi connectivity index (χ0v) is 17.7. The molecule has 2 amide bonds. The van der Waals surface area contributed by atoms with E-state index < -0.39 is 11.8 Å². The van der Waals surface area contributed by atoms with E-state index in [2.05, 4.69) is 27.9 Å². The number of nitrogens with one attached hydrogen (secondary N) is 2. The van der Waals surface area contributed by atoms with Gasteiger partial charge in [-0.05, 0) is 30.9 Å². The number of benzene rings is 1. The maximum Gasteiger partial charge on any atom is 0.290 e. The van der Waals surface area contributed by atoms with E-state index in [1.54, 1.807) is 42.6 Å². The van der Waals surface area contributed by atoms with Gasteiger partial charge in [0.25, 0.3) is 17.4 Å². The van der Waals surface area contributed by atoms with Crippen molar-refractivity contribution in [2.45, 2.75) is 37.8 Å². The predicted octanol–water partition coefficient (Wildman–Crippen LogP) is 2.78. The lowest BCUT2D eigenvalue weighted by atomic mass is 10.1. The maximum absolute atomic E-state index is 12.8. The molecule has 1 aromatic carbocycles. The predicted molar refractivity (Wildman–Crippen MR) is 116 cm³/mol. The van der Waals surface area contributed by atoms with E-state index in [1.807, 2.05) is 6.26 Å². The zero-order chi connectivity index (χ0) is 21.5. The van der Waals surface area contributed by atoms with Crippen LogP contribution in [0.25, 0.3) is 10.8 Å². The number of hydrogen-bond donors (Lipinski definition) is 2. The molecule has 0 atom stereocenters. The number of nitrogens with zero attached hydrogens (tertiary/aromatic N) is 3. The van der Waals surface area contributed by atoms with Gasteiger partial charge in [0.05, 0.1) is 10.9 Å². The molecule has 8 nitrogen and oxygen atoms in total. The van der Waals surface area contributed by atoms with Gasteiger partial charge in [-0.15, -0.1) is 11.8 Å². The SMILES string of the molecule is CCCCCn1nc(C(=O)NNC(=O)c2cccnc2SC)c2ccccc2c1=O. The summed E-state index contributed by atoms with van der Waals surface area (Å²) in [6, 6.07) is 10.1. The number of carbonyl (C=O) groups excluding carboxylic acids is 2. The second-order valence-electron chi connectivity index (χ2n) is 6.60. The first-order chi connectivity index (χ1) is 14.6. The van der Waals surface area contributed by atoms with Gasteiger partial charge in [-0.2, -0.15) is 5.10 Å². The van der Waals surface area contributed by atoms with E-state index in [9.17, 15) is 14.4 Å². The second-order valence-corrected chi connectivity index (χ2v) is 7.39. The van der Waals surface area contributed by atoms with Crippen LogP contribution in [0, 0.1) is 0 Å². The van der Waals surface area contributed by atoms with Gasteiger partial charge >= 0.3 is 0 Å². The third-order valence-electron chi connectivity index (χ3n) is 4.55. The van der Waals surface area contributed by atoms with Crippen LogP contribution in [0.2, 0.25) is 0 Å².